The molecule has 0 bridgehead atoms. The van der Waals surface area contributed by atoms with Gasteiger partial charge in [0.1, 0.15) is 5.56 Å². The lowest BCUT2D eigenvalue weighted by Gasteiger charge is -2.15. The van der Waals surface area contributed by atoms with Crippen LogP contribution in [0.1, 0.15) is 37.0 Å². The fourth-order valence-electron chi connectivity index (χ4n) is 1.91. The molecule has 6 nitrogen and oxygen atoms in total. The van der Waals surface area contributed by atoms with E-state index in [1.54, 1.807) is 12.1 Å². The van der Waals surface area contributed by atoms with Crippen molar-refractivity contribution < 1.29 is 19.1 Å². The van der Waals surface area contributed by atoms with Gasteiger partial charge in [-0.25, -0.2) is 4.79 Å². The minimum atomic E-state index is -0.640. The molecule has 3 N–H and O–H groups in total. The van der Waals surface area contributed by atoms with Gasteiger partial charge in [0.15, 0.2) is 12.4 Å². The van der Waals surface area contributed by atoms with Crippen molar-refractivity contribution in [3.05, 3.63) is 23.8 Å². The molecule has 116 valence electrons. The number of ether oxygens (including phenoxy) is 2. The van der Waals surface area contributed by atoms with Gasteiger partial charge in [-0.1, -0.05) is 19.9 Å². The standard InChI is InChI=1S/C15H22N2O4/c1-4-10(5-2)17-13(18)9-21-15(19)11-7-6-8-12(16)14(11)20-3/h6-8,10H,4-5,9,16H2,1-3H3,(H,17,18). The molecule has 21 heavy (non-hydrogen) atoms. The summed E-state index contributed by atoms with van der Waals surface area (Å²) in [6, 6.07) is 4.88. The van der Waals surface area contributed by atoms with Crippen molar-refractivity contribution in [2.75, 3.05) is 19.5 Å². The summed E-state index contributed by atoms with van der Waals surface area (Å²) >= 11 is 0. The number of nitrogens with two attached hydrogens (primary N) is 1. The zero-order valence-corrected chi connectivity index (χ0v) is 12.6. The van der Waals surface area contributed by atoms with E-state index >= 15 is 0 Å². The molecule has 0 aliphatic carbocycles. The highest BCUT2D eigenvalue weighted by molar-refractivity contribution is 5.95. The molecule has 0 saturated heterocycles. The third-order valence-corrected chi connectivity index (χ3v) is 3.15. The second-order valence-corrected chi connectivity index (χ2v) is 4.59. The van der Waals surface area contributed by atoms with Crippen LogP contribution in [0.4, 0.5) is 5.69 Å². The Kier molecular flexibility index (Phi) is 6.52. The predicted octanol–water partition coefficient (Wildman–Crippen LogP) is 1.74. The molecule has 0 aromatic heterocycles. The lowest BCUT2D eigenvalue weighted by Crippen LogP contribution is -2.36. The van der Waals surface area contributed by atoms with E-state index in [1.807, 2.05) is 13.8 Å². The number of anilines is 1. The van der Waals surface area contributed by atoms with Gasteiger partial charge in [0.25, 0.3) is 5.91 Å². The van der Waals surface area contributed by atoms with E-state index in [1.165, 1.54) is 13.2 Å². The quantitative estimate of drug-likeness (QED) is 0.590. The summed E-state index contributed by atoms with van der Waals surface area (Å²) in [7, 11) is 1.42. The van der Waals surface area contributed by atoms with Gasteiger partial charge in [0.2, 0.25) is 0 Å². The Balaban J connectivity index is 2.62. The summed E-state index contributed by atoms with van der Waals surface area (Å²) in [4.78, 5) is 23.7. The van der Waals surface area contributed by atoms with Crippen LogP contribution >= 0.6 is 0 Å². The Hall–Kier alpha value is -2.24. The number of hydrogen-bond donors (Lipinski definition) is 2. The molecule has 0 atom stereocenters. The molecule has 0 fully saturated rings. The first-order valence-corrected chi connectivity index (χ1v) is 6.92. The first kappa shape index (κ1) is 16.8. The third-order valence-electron chi connectivity index (χ3n) is 3.15. The van der Waals surface area contributed by atoms with Gasteiger partial charge in [0.05, 0.1) is 12.8 Å². The molecular formula is C15H22N2O4. The number of para-hydroxylation sites is 1. The van der Waals surface area contributed by atoms with Crippen molar-refractivity contribution in [1.82, 2.24) is 5.32 Å². The number of benzene rings is 1. The lowest BCUT2D eigenvalue weighted by molar-refractivity contribution is -0.125. The highest BCUT2D eigenvalue weighted by atomic mass is 16.5. The Morgan fingerprint density at radius 1 is 1.29 bits per heavy atom. The van der Waals surface area contributed by atoms with E-state index in [9.17, 15) is 9.59 Å². The van der Waals surface area contributed by atoms with Crippen molar-refractivity contribution in [2.45, 2.75) is 32.7 Å². The minimum Gasteiger partial charge on any atom is -0.494 e. The first-order valence-electron chi connectivity index (χ1n) is 6.92. The molecule has 1 aromatic rings. The van der Waals surface area contributed by atoms with E-state index in [4.69, 9.17) is 15.2 Å². The zero-order chi connectivity index (χ0) is 15.8. The number of hydrogen-bond acceptors (Lipinski definition) is 5. The number of amides is 1. The summed E-state index contributed by atoms with van der Waals surface area (Å²) in [5.74, 6) is -0.707. The molecule has 0 saturated carbocycles. The maximum absolute atomic E-state index is 12.0. The molecule has 1 aromatic carbocycles. The number of nitrogens with one attached hydrogen (secondary N) is 1. The molecule has 0 unspecified atom stereocenters. The summed E-state index contributed by atoms with van der Waals surface area (Å²) < 4.78 is 10.1. The van der Waals surface area contributed by atoms with Gasteiger partial charge in [0, 0.05) is 6.04 Å². The molecule has 6 heteroatoms. The van der Waals surface area contributed by atoms with Gasteiger partial charge in [-0.3, -0.25) is 4.79 Å². The maximum atomic E-state index is 12.0. The monoisotopic (exact) mass is 294 g/mol. The van der Waals surface area contributed by atoms with Crippen LogP contribution in [0.15, 0.2) is 18.2 Å². The Morgan fingerprint density at radius 2 is 1.95 bits per heavy atom. The predicted molar refractivity (Wildman–Crippen MR) is 80.2 cm³/mol. The summed E-state index contributed by atoms with van der Waals surface area (Å²) in [5.41, 5.74) is 6.26. The van der Waals surface area contributed by atoms with E-state index < -0.39 is 5.97 Å². The van der Waals surface area contributed by atoms with Gasteiger partial charge in [-0.15, -0.1) is 0 Å². The van der Waals surface area contributed by atoms with Gasteiger partial charge >= 0.3 is 5.97 Å². The van der Waals surface area contributed by atoms with Crippen LogP contribution in [0.2, 0.25) is 0 Å². The highest BCUT2D eigenvalue weighted by Gasteiger charge is 2.17. The van der Waals surface area contributed by atoms with E-state index in [0.29, 0.717) is 5.69 Å². The third kappa shape index (κ3) is 4.66. The number of rotatable bonds is 7. The summed E-state index contributed by atoms with van der Waals surface area (Å²) in [6.45, 7) is 3.64. The number of carbonyl (C=O) groups is 2. The highest BCUT2D eigenvalue weighted by Crippen LogP contribution is 2.26. The molecule has 0 spiro atoms. The van der Waals surface area contributed by atoms with Crippen LogP contribution in [0.25, 0.3) is 0 Å². The fourth-order valence-corrected chi connectivity index (χ4v) is 1.91. The van der Waals surface area contributed by atoms with Crippen LogP contribution in [0.5, 0.6) is 5.75 Å². The largest absolute Gasteiger partial charge is 0.494 e. The van der Waals surface area contributed by atoms with Gasteiger partial charge in [-0.05, 0) is 25.0 Å². The Morgan fingerprint density at radius 3 is 2.52 bits per heavy atom. The molecule has 0 aliphatic heterocycles. The first-order chi connectivity index (χ1) is 10.0. The van der Waals surface area contributed by atoms with Crippen molar-refractivity contribution in [3.8, 4) is 5.75 Å². The van der Waals surface area contributed by atoms with Gasteiger partial charge < -0.3 is 20.5 Å². The van der Waals surface area contributed by atoms with Crippen molar-refractivity contribution in [3.63, 3.8) is 0 Å². The normalized spacial score (nSPS) is 10.3. The smallest absolute Gasteiger partial charge is 0.342 e. The van der Waals surface area contributed by atoms with E-state index in [-0.39, 0.29) is 29.9 Å². The number of nitrogen functional groups attached to an aromatic ring is 1. The van der Waals surface area contributed by atoms with Crippen LogP contribution in [-0.4, -0.2) is 31.6 Å². The summed E-state index contributed by atoms with van der Waals surface area (Å²) in [5, 5.41) is 2.79. The second-order valence-electron chi connectivity index (χ2n) is 4.59. The van der Waals surface area contributed by atoms with Gasteiger partial charge in [-0.2, -0.15) is 0 Å². The molecule has 0 radical (unpaired) electrons. The molecule has 1 rings (SSSR count). The van der Waals surface area contributed by atoms with Crippen LogP contribution < -0.4 is 15.8 Å². The lowest BCUT2D eigenvalue weighted by atomic mass is 10.1. The number of carbonyl (C=O) groups excluding carboxylic acids is 2. The SMILES string of the molecule is CCC(CC)NC(=O)COC(=O)c1cccc(N)c1OC. The molecule has 1 amide bonds. The minimum absolute atomic E-state index is 0.0955. The molecule has 0 heterocycles. The Bertz CT molecular complexity index is 498. The van der Waals surface area contributed by atoms with Crippen molar-refractivity contribution in [2.24, 2.45) is 0 Å². The summed E-state index contributed by atoms with van der Waals surface area (Å²) in [6.07, 6.45) is 1.67. The zero-order valence-electron chi connectivity index (χ0n) is 12.6. The maximum Gasteiger partial charge on any atom is 0.342 e. The van der Waals surface area contributed by atoms with Crippen LogP contribution in [0, 0.1) is 0 Å². The van der Waals surface area contributed by atoms with Crippen molar-refractivity contribution in [1.29, 1.82) is 0 Å². The van der Waals surface area contributed by atoms with Crippen LogP contribution in [0.3, 0.4) is 0 Å². The number of esters is 1. The topological polar surface area (TPSA) is 90.7 Å². The average molecular weight is 294 g/mol. The second kappa shape index (κ2) is 8.14. The average Bonchev–Trinajstić information content (AvgIpc) is 2.49. The van der Waals surface area contributed by atoms with Crippen LogP contribution in [-0.2, 0) is 9.53 Å². The Labute approximate surface area is 124 Å². The number of methoxy groups -OCH3 is 1. The van der Waals surface area contributed by atoms with E-state index in [2.05, 4.69) is 5.32 Å². The van der Waals surface area contributed by atoms with Crippen molar-refractivity contribution >= 4 is 17.6 Å². The molecule has 0 aliphatic rings. The molecular weight excluding hydrogens is 272 g/mol. The fraction of sp³-hybridized carbons (Fsp3) is 0.467. The van der Waals surface area contributed by atoms with E-state index in [0.717, 1.165) is 12.8 Å².